The van der Waals surface area contributed by atoms with Crippen LogP contribution in [0.15, 0.2) is 0 Å². The van der Waals surface area contributed by atoms with Gasteiger partial charge in [-0.05, 0) is 25.2 Å². The average Bonchev–Trinajstić information content (AvgIpc) is 2.34. The van der Waals surface area contributed by atoms with Crippen LogP contribution < -0.4 is 5.32 Å². The van der Waals surface area contributed by atoms with Crippen molar-refractivity contribution in [2.75, 3.05) is 6.54 Å². The van der Waals surface area contributed by atoms with Crippen LogP contribution in [-0.2, 0) is 4.79 Å². The van der Waals surface area contributed by atoms with E-state index in [0.29, 0.717) is 6.54 Å². The van der Waals surface area contributed by atoms with E-state index in [1.54, 1.807) is 4.90 Å². The van der Waals surface area contributed by atoms with Gasteiger partial charge >= 0.3 is 12.0 Å². The van der Waals surface area contributed by atoms with Crippen LogP contribution in [0.25, 0.3) is 0 Å². The summed E-state index contributed by atoms with van der Waals surface area (Å²) in [5, 5.41) is 11.9. The number of carboxylic acids is 1. The Morgan fingerprint density at radius 3 is 2.15 bits per heavy atom. The second-order valence-corrected chi connectivity index (χ2v) is 6.39. The van der Waals surface area contributed by atoms with E-state index in [2.05, 4.69) is 12.2 Å². The van der Waals surface area contributed by atoms with Crippen LogP contribution in [0.4, 0.5) is 4.79 Å². The Hall–Kier alpha value is -1.26. The van der Waals surface area contributed by atoms with Gasteiger partial charge in [0.2, 0.25) is 0 Å². The largest absolute Gasteiger partial charge is 0.480 e. The van der Waals surface area contributed by atoms with E-state index < -0.39 is 17.4 Å². The van der Waals surface area contributed by atoms with Crippen LogP contribution in [0.2, 0.25) is 0 Å². The number of carbonyl (C=O) groups is 2. The number of carbonyl (C=O) groups excluding carboxylic acids is 1. The molecule has 0 spiro atoms. The minimum atomic E-state index is -0.995. The first-order valence-corrected chi connectivity index (χ1v) is 7.45. The van der Waals surface area contributed by atoms with Crippen LogP contribution in [-0.4, -0.2) is 40.6 Å². The first-order valence-electron chi connectivity index (χ1n) is 7.45. The number of hydrogen-bond acceptors (Lipinski definition) is 2. The summed E-state index contributed by atoms with van der Waals surface area (Å²) in [6, 6.07) is -1.06. The molecule has 0 aromatic carbocycles. The zero-order valence-electron chi connectivity index (χ0n) is 13.7. The van der Waals surface area contributed by atoms with Crippen LogP contribution in [0.3, 0.4) is 0 Å². The van der Waals surface area contributed by atoms with Gasteiger partial charge in [0.25, 0.3) is 0 Å². The number of nitrogens with one attached hydrogen (secondary N) is 1. The fourth-order valence-corrected chi connectivity index (χ4v) is 1.93. The minimum Gasteiger partial charge on any atom is -0.480 e. The molecule has 0 aliphatic carbocycles. The molecule has 5 nitrogen and oxygen atoms in total. The number of carboxylic acid groups (broad SMARTS) is 1. The smallest absolute Gasteiger partial charge is 0.326 e. The fraction of sp³-hybridized carbons (Fsp3) is 0.867. The molecule has 2 N–H and O–H groups in total. The number of aliphatic carboxylic acids is 1. The Morgan fingerprint density at radius 1 is 1.25 bits per heavy atom. The summed E-state index contributed by atoms with van der Waals surface area (Å²) in [7, 11) is 0. The van der Waals surface area contributed by atoms with E-state index in [4.69, 9.17) is 0 Å². The third kappa shape index (κ3) is 5.80. The summed E-state index contributed by atoms with van der Waals surface area (Å²) in [4.78, 5) is 25.4. The molecule has 2 amide bonds. The molecule has 0 saturated heterocycles. The highest BCUT2D eigenvalue weighted by Crippen LogP contribution is 2.20. The summed E-state index contributed by atoms with van der Waals surface area (Å²) in [6.45, 7) is 12.2. The van der Waals surface area contributed by atoms with Gasteiger partial charge in [0, 0.05) is 12.6 Å². The normalized spacial score (nSPS) is 14.5. The van der Waals surface area contributed by atoms with E-state index in [1.165, 1.54) is 0 Å². The van der Waals surface area contributed by atoms with E-state index in [-0.39, 0.29) is 12.1 Å². The van der Waals surface area contributed by atoms with Crippen LogP contribution in [0.5, 0.6) is 0 Å². The van der Waals surface area contributed by atoms with Crippen molar-refractivity contribution in [3.63, 3.8) is 0 Å². The molecular formula is C15H30N2O3. The van der Waals surface area contributed by atoms with Gasteiger partial charge < -0.3 is 15.3 Å². The topological polar surface area (TPSA) is 69.6 Å². The summed E-state index contributed by atoms with van der Waals surface area (Å²) in [5.74, 6) is -0.995. The molecule has 1 unspecified atom stereocenters. The predicted octanol–water partition coefficient (Wildman–Crippen LogP) is 3.10. The van der Waals surface area contributed by atoms with E-state index in [0.717, 1.165) is 19.3 Å². The molecule has 0 aromatic rings. The predicted molar refractivity (Wildman–Crippen MR) is 80.8 cm³/mol. The van der Waals surface area contributed by atoms with Gasteiger partial charge in [0.05, 0.1) is 0 Å². The van der Waals surface area contributed by atoms with E-state index >= 15 is 0 Å². The second kappa shape index (κ2) is 8.12. The Bertz CT molecular complexity index is 324. The van der Waals surface area contributed by atoms with Crippen molar-refractivity contribution in [3.05, 3.63) is 0 Å². The summed E-state index contributed by atoms with van der Waals surface area (Å²) in [5.41, 5.74) is -0.520. The van der Waals surface area contributed by atoms with Gasteiger partial charge in [-0.1, -0.05) is 41.0 Å². The second-order valence-electron chi connectivity index (χ2n) is 6.39. The molecular weight excluding hydrogens is 256 g/mol. The highest BCUT2D eigenvalue weighted by molar-refractivity contribution is 5.83. The van der Waals surface area contributed by atoms with Crippen molar-refractivity contribution < 1.29 is 14.7 Å². The van der Waals surface area contributed by atoms with Crippen molar-refractivity contribution >= 4 is 12.0 Å². The zero-order chi connectivity index (χ0) is 15.9. The van der Waals surface area contributed by atoms with E-state index in [9.17, 15) is 14.7 Å². The molecule has 0 saturated carbocycles. The van der Waals surface area contributed by atoms with Gasteiger partial charge in [-0.2, -0.15) is 0 Å². The lowest BCUT2D eigenvalue weighted by atomic mass is 9.87. The number of unbranched alkanes of at least 4 members (excludes halogenated alkanes) is 1. The van der Waals surface area contributed by atoms with Crippen molar-refractivity contribution in [3.8, 4) is 0 Å². The van der Waals surface area contributed by atoms with Gasteiger partial charge in [0.15, 0.2) is 0 Å². The third-order valence-corrected chi connectivity index (χ3v) is 3.52. The maximum Gasteiger partial charge on any atom is 0.326 e. The number of urea groups is 1. The van der Waals surface area contributed by atoms with Crippen LogP contribution in [0.1, 0.15) is 60.8 Å². The summed E-state index contributed by atoms with van der Waals surface area (Å²) >= 11 is 0. The van der Waals surface area contributed by atoms with Gasteiger partial charge in [0.1, 0.15) is 6.04 Å². The fourth-order valence-electron chi connectivity index (χ4n) is 1.93. The maximum atomic E-state index is 12.4. The highest BCUT2D eigenvalue weighted by Gasteiger charge is 2.34. The molecule has 0 radical (unpaired) electrons. The Kier molecular flexibility index (Phi) is 7.61. The quantitative estimate of drug-likeness (QED) is 0.755. The van der Waals surface area contributed by atoms with Crippen LogP contribution in [0, 0.1) is 5.41 Å². The first-order chi connectivity index (χ1) is 9.15. The standard InChI is InChI=1S/C15H30N2O3/c1-7-9-10-17(11(3)8-2)14(20)16-12(13(18)19)15(4,5)6/h11-12H,7-10H2,1-6H3,(H,16,20)(H,18,19)/t11?,12-/m1/s1. The lowest BCUT2D eigenvalue weighted by Crippen LogP contribution is -2.55. The average molecular weight is 286 g/mol. The Morgan fingerprint density at radius 2 is 1.80 bits per heavy atom. The Labute approximate surface area is 122 Å². The molecule has 0 aliphatic rings. The number of rotatable bonds is 7. The van der Waals surface area contributed by atoms with Crippen molar-refractivity contribution in [2.24, 2.45) is 5.41 Å². The van der Waals surface area contributed by atoms with Crippen molar-refractivity contribution in [2.45, 2.75) is 72.9 Å². The number of hydrogen-bond donors (Lipinski definition) is 2. The lowest BCUT2D eigenvalue weighted by Gasteiger charge is -2.33. The molecule has 0 fully saturated rings. The monoisotopic (exact) mass is 286 g/mol. The molecule has 0 heterocycles. The van der Waals surface area contributed by atoms with Crippen LogP contribution >= 0.6 is 0 Å². The molecule has 5 heteroatoms. The summed E-state index contributed by atoms with van der Waals surface area (Å²) in [6.07, 6.45) is 2.78. The minimum absolute atomic E-state index is 0.107. The first kappa shape index (κ1) is 18.7. The lowest BCUT2D eigenvalue weighted by molar-refractivity contribution is -0.142. The Balaban J connectivity index is 4.92. The molecule has 118 valence electrons. The third-order valence-electron chi connectivity index (χ3n) is 3.52. The highest BCUT2D eigenvalue weighted by atomic mass is 16.4. The molecule has 2 atom stereocenters. The zero-order valence-corrected chi connectivity index (χ0v) is 13.7. The van der Waals surface area contributed by atoms with Gasteiger partial charge in [-0.15, -0.1) is 0 Å². The molecule has 0 rings (SSSR count). The van der Waals surface area contributed by atoms with Crippen molar-refractivity contribution in [1.82, 2.24) is 10.2 Å². The van der Waals surface area contributed by atoms with Gasteiger partial charge in [-0.25, -0.2) is 9.59 Å². The molecule has 0 aromatic heterocycles. The summed E-state index contributed by atoms with van der Waals surface area (Å²) < 4.78 is 0. The van der Waals surface area contributed by atoms with E-state index in [1.807, 2.05) is 34.6 Å². The van der Waals surface area contributed by atoms with Gasteiger partial charge in [-0.3, -0.25) is 0 Å². The number of nitrogens with zero attached hydrogens (tertiary/aromatic N) is 1. The van der Waals surface area contributed by atoms with Crippen molar-refractivity contribution in [1.29, 1.82) is 0 Å². The maximum absolute atomic E-state index is 12.4. The molecule has 20 heavy (non-hydrogen) atoms. The molecule has 0 bridgehead atoms. The number of amides is 2. The SMILES string of the molecule is CCCCN(C(=O)N[C@H](C(=O)O)C(C)(C)C)C(C)CC. The molecule has 0 aliphatic heterocycles.